The van der Waals surface area contributed by atoms with E-state index in [2.05, 4.69) is 22.1 Å². The number of ether oxygens (including phenoxy) is 2. The SMILES string of the molecule is Nc1nc(OCCc2ccccc2)nc2c1C(=O)N(c1ccc(C3CCC(CC(=O)O)CC3)cc1)CCO2. The summed E-state index contributed by atoms with van der Waals surface area (Å²) in [4.78, 5) is 34.7. The molecule has 3 aromatic rings. The molecule has 1 amide bonds. The molecule has 0 saturated heterocycles. The fourth-order valence-corrected chi connectivity index (χ4v) is 5.30. The Labute approximate surface area is 221 Å². The number of carboxylic acid groups (broad SMARTS) is 1. The summed E-state index contributed by atoms with van der Waals surface area (Å²) in [6.45, 7) is 0.975. The zero-order valence-electron chi connectivity index (χ0n) is 21.2. The van der Waals surface area contributed by atoms with E-state index in [4.69, 9.17) is 20.3 Å². The minimum Gasteiger partial charge on any atom is -0.481 e. The highest BCUT2D eigenvalue weighted by Gasteiger charge is 2.30. The van der Waals surface area contributed by atoms with Gasteiger partial charge in [-0.3, -0.25) is 9.59 Å². The molecule has 0 atom stereocenters. The first-order chi connectivity index (χ1) is 18.5. The van der Waals surface area contributed by atoms with Crippen LogP contribution in [0.5, 0.6) is 11.9 Å². The molecule has 1 aromatic heterocycles. The van der Waals surface area contributed by atoms with E-state index < -0.39 is 5.97 Å². The highest BCUT2D eigenvalue weighted by atomic mass is 16.5. The fourth-order valence-electron chi connectivity index (χ4n) is 5.30. The third kappa shape index (κ3) is 5.88. The molecule has 38 heavy (non-hydrogen) atoms. The third-order valence-corrected chi connectivity index (χ3v) is 7.35. The normalized spacial score (nSPS) is 19.3. The zero-order chi connectivity index (χ0) is 26.5. The number of nitrogens with zero attached hydrogens (tertiary/aromatic N) is 3. The first-order valence-corrected chi connectivity index (χ1v) is 13.1. The van der Waals surface area contributed by atoms with E-state index in [0.29, 0.717) is 25.5 Å². The van der Waals surface area contributed by atoms with Crippen LogP contribution in [0.25, 0.3) is 0 Å². The van der Waals surface area contributed by atoms with Crippen molar-refractivity contribution < 1.29 is 24.2 Å². The molecule has 0 bridgehead atoms. The highest BCUT2D eigenvalue weighted by Crippen LogP contribution is 2.38. The van der Waals surface area contributed by atoms with Gasteiger partial charge in [-0.1, -0.05) is 42.5 Å². The third-order valence-electron chi connectivity index (χ3n) is 7.35. The number of aromatic nitrogens is 2. The zero-order valence-corrected chi connectivity index (χ0v) is 21.2. The number of carbonyl (C=O) groups excluding carboxylic acids is 1. The maximum atomic E-state index is 13.5. The van der Waals surface area contributed by atoms with Gasteiger partial charge in [0.1, 0.15) is 18.0 Å². The van der Waals surface area contributed by atoms with Crippen LogP contribution in [-0.2, 0) is 11.2 Å². The lowest BCUT2D eigenvalue weighted by molar-refractivity contribution is -0.138. The Hall–Kier alpha value is -4.14. The van der Waals surface area contributed by atoms with Gasteiger partial charge in [-0.2, -0.15) is 9.97 Å². The summed E-state index contributed by atoms with van der Waals surface area (Å²) in [7, 11) is 0. The number of hydrogen-bond acceptors (Lipinski definition) is 7. The summed E-state index contributed by atoms with van der Waals surface area (Å²) in [5.41, 5.74) is 9.42. The van der Waals surface area contributed by atoms with Crippen molar-refractivity contribution in [1.82, 2.24) is 9.97 Å². The van der Waals surface area contributed by atoms with E-state index in [-0.39, 0.29) is 48.1 Å². The molecule has 2 aromatic carbocycles. The first-order valence-electron chi connectivity index (χ1n) is 13.1. The van der Waals surface area contributed by atoms with Gasteiger partial charge in [0.2, 0.25) is 5.88 Å². The molecule has 2 aliphatic rings. The van der Waals surface area contributed by atoms with Crippen LogP contribution >= 0.6 is 0 Å². The van der Waals surface area contributed by atoms with Crippen LogP contribution < -0.4 is 20.1 Å². The van der Waals surface area contributed by atoms with Crippen molar-refractivity contribution in [2.24, 2.45) is 5.92 Å². The summed E-state index contributed by atoms with van der Waals surface area (Å²) in [5, 5.41) is 9.05. The number of carbonyl (C=O) groups is 2. The van der Waals surface area contributed by atoms with Crippen molar-refractivity contribution in [2.45, 2.75) is 44.4 Å². The summed E-state index contributed by atoms with van der Waals surface area (Å²) in [6, 6.07) is 18.0. The van der Waals surface area contributed by atoms with Crippen LogP contribution in [0.2, 0.25) is 0 Å². The fraction of sp³-hybridized carbons (Fsp3) is 0.379. The van der Waals surface area contributed by atoms with Gasteiger partial charge in [0.25, 0.3) is 5.91 Å². The molecular formula is C29H32N4O5. The summed E-state index contributed by atoms with van der Waals surface area (Å²) >= 11 is 0. The van der Waals surface area contributed by atoms with Gasteiger partial charge in [-0.25, -0.2) is 0 Å². The minimum atomic E-state index is -0.719. The van der Waals surface area contributed by atoms with Gasteiger partial charge in [-0.15, -0.1) is 0 Å². The van der Waals surface area contributed by atoms with Crippen LogP contribution in [0.15, 0.2) is 54.6 Å². The van der Waals surface area contributed by atoms with E-state index in [0.717, 1.165) is 36.9 Å². The molecule has 9 nitrogen and oxygen atoms in total. The van der Waals surface area contributed by atoms with Crippen LogP contribution in [0.1, 0.15) is 59.5 Å². The average Bonchev–Trinajstić information content (AvgIpc) is 3.08. The average molecular weight is 517 g/mol. The van der Waals surface area contributed by atoms with Crippen molar-refractivity contribution in [1.29, 1.82) is 0 Å². The van der Waals surface area contributed by atoms with E-state index >= 15 is 0 Å². The van der Waals surface area contributed by atoms with E-state index in [1.54, 1.807) is 4.90 Å². The maximum absolute atomic E-state index is 13.5. The molecule has 5 rings (SSSR count). The molecule has 1 saturated carbocycles. The van der Waals surface area contributed by atoms with Crippen molar-refractivity contribution in [3.05, 3.63) is 71.3 Å². The second-order valence-corrected chi connectivity index (χ2v) is 9.87. The number of amides is 1. The lowest BCUT2D eigenvalue weighted by Crippen LogP contribution is -2.32. The number of rotatable bonds is 8. The van der Waals surface area contributed by atoms with Gasteiger partial charge in [-0.05, 0) is 60.8 Å². The summed E-state index contributed by atoms with van der Waals surface area (Å²) < 4.78 is 11.5. The molecule has 1 aliphatic carbocycles. The molecule has 0 unspecified atom stereocenters. The molecule has 0 spiro atoms. The predicted octanol–water partition coefficient (Wildman–Crippen LogP) is 4.47. The largest absolute Gasteiger partial charge is 0.481 e. The van der Waals surface area contributed by atoms with E-state index in [9.17, 15) is 9.59 Å². The minimum absolute atomic E-state index is 0.0244. The molecule has 3 N–H and O–H groups in total. The quantitative estimate of drug-likeness (QED) is 0.449. The van der Waals surface area contributed by atoms with Gasteiger partial charge in [0.05, 0.1) is 13.2 Å². The van der Waals surface area contributed by atoms with Crippen LogP contribution in [0.3, 0.4) is 0 Å². The summed E-state index contributed by atoms with van der Waals surface area (Å²) in [6.07, 6.45) is 4.74. The Morgan fingerprint density at radius 1 is 1.05 bits per heavy atom. The Kier molecular flexibility index (Phi) is 7.72. The highest BCUT2D eigenvalue weighted by molar-refractivity contribution is 6.10. The number of aliphatic carboxylic acids is 1. The molecule has 1 fully saturated rings. The molecular weight excluding hydrogens is 484 g/mol. The number of nitrogen functional groups attached to an aromatic ring is 1. The van der Waals surface area contributed by atoms with Crippen molar-refractivity contribution in [3.8, 4) is 11.9 Å². The van der Waals surface area contributed by atoms with Crippen molar-refractivity contribution in [3.63, 3.8) is 0 Å². The van der Waals surface area contributed by atoms with Gasteiger partial charge in [0.15, 0.2) is 0 Å². The van der Waals surface area contributed by atoms with Crippen LogP contribution in [0, 0.1) is 5.92 Å². The second-order valence-electron chi connectivity index (χ2n) is 9.87. The topological polar surface area (TPSA) is 128 Å². The predicted molar refractivity (Wildman–Crippen MR) is 143 cm³/mol. The number of nitrogens with two attached hydrogens (primary N) is 1. The monoisotopic (exact) mass is 516 g/mol. The number of anilines is 2. The lowest BCUT2D eigenvalue weighted by Gasteiger charge is -2.28. The van der Waals surface area contributed by atoms with Gasteiger partial charge >= 0.3 is 12.0 Å². The Balaban J connectivity index is 1.25. The second kappa shape index (κ2) is 11.5. The smallest absolute Gasteiger partial charge is 0.321 e. The maximum Gasteiger partial charge on any atom is 0.321 e. The molecule has 198 valence electrons. The number of hydrogen-bond donors (Lipinski definition) is 2. The molecule has 9 heteroatoms. The van der Waals surface area contributed by atoms with E-state index in [1.807, 2.05) is 42.5 Å². The molecule has 0 radical (unpaired) electrons. The van der Waals surface area contributed by atoms with Crippen molar-refractivity contribution in [2.75, 3.05) is 30.4 Å². The standard InChI is InChI=1S/C29H32N4O5/c30-26-25-27(32-29(31-26)38-16-14-19-4-2-1-3-5-19)37-17-15-33(28(25)36)23-12-10-22(11-13-23)21-8-6-20(7-9-21)18-24(34)35/h1-5,10-13,20-21H,6-9,14-18H2,(H,34,35)(H2,30,31,32). The lowest BCUT2D eigenvalue weighted by atomic mass is 9.77. The first kappa shape index (κ1) is 25.5. The number of carboxylic acids is 1. The number of benzene rings is 2. The van der Waals surface area contributed by atoms with E-state index in [1.165, 1.54) is 5.56 Å². The van der Waals surface area contributed by atoms with Crippen molar-refractivity contribution >= 4 is 23.4 Å². The Morgan fingerprint density at radius 2 is 1.79 bits per heavy atom. The van der Waals surface area contributed by atoms with Gasteiger partial charge in [0, 0.05) is 18.5 Å². The van der Waals surface area contributed by atoms with Crippen LogP contribution in [-0.4, -0.2) is 46.7 Å². The number of fused-ring (bicyclic) bond motifs is 1. The Morgan fingerprint density at radius 3 is 2.50 bits per heavy atom. The van der Waals surface area contributed by atoms with Gasteiger partial charge < -0.3 is 25.2 Å². The Bertz CT molecular complexity index is 1270. The summed E-state index contributed by atoms with van der Waals surface area (Å²) in [5.74, 6) is -0.204. The van der Waals surface area contributed by atoms with Crippen LogP contribution in [0.4, 0.5) is 11.5 Å². The molecule has 1 aliphatic heterocycles. The molecule has 2 heterocycles.